The van der Waals surface area contributed by atoms with Crippen LogP contribution in [-0.2, 0) is 30.1 Å². The van der Waals surface area contributed by atoms with Gasteiger partial charge in [0.25, 0.3) is 0 Å². The standard InChI is InChI=1S/C10H10ClNO6S/c11-19(15,16)12-10(14)18-7-9(13)17-6-8-4-2-1-3-5-8/h1-5H,6-7H2,(H,12,14). The number of hydrogen-bond donors (Lipinski definition) is 1. The Balaban J connectivity index is 2.27. The fourth-order valence-corrected chi connectivity index (χ4v) is 1.48. The topological polar surface area (TPSA) is 98.8 Å². The molecule has 0 fully saturated rings. The summed E-state index contributed by atoms with van der Waals surface area (Å²) in [6, 6.07) is 8.87. The summed E-state index contributed by atoms with van der Waals surface area (Å²) in [4.78, 5) is 22.0. The van der Waals surface area contributed by atoms with Gasteiger partial charge in [-0.25, -0.2) is 14.3 Å². The van der Waals surface area contributed by atoms with Gasteiger partial charge in [-0.05, 0) is 5.56 Å². The summed E-state index contributed by atoms with van der Waals surface area (Å²) in [7, 11) is 0.498. The van der Waals surface area contributed by atoms with Crippen LogP contribution in [0.4, 0.5) is 4.79 Å². The lowest BCUT2D eigenvalue weighted by atomic mass is 10.2. The average molecular weight is 308 g/mol. The van der Waals surface area contributed by atoms with Crippen molar-refractivity contribution in [2.24, 2.45) is 0 Å². The second-order valence-electron chi connectivity index (χ2n) is 3.26. The number of carbonyl (C=O) groups excluding carboxylic acids is 2. The van der Waals surface area contributed by atoms with E-state index in [1.807, 2.05) is 6.07 Å². The minimum atomic E-state index is -4.23. The van der Waals surface area contributed by atoms with E-state index in [9.17, 15) is 18.0 Å². The molecule has 0 aromatic heterocycles. The number of amides is 1. The molecule has 1 rings (SSSR count). The van der Waals surface area contributed by atoms with Crippen LogP contribution in [0.3, 0.4) is 0 Å². The van der Waals surface area contributed by atoms with Gasteiger partial charge >= 0.3 is 21.3 Å². The smallest absolute Gasteiger partial charge is 0.422 e. The van der Waals surface area contributed by atoms with Crippen LogP contribution in [0.2, 0.25) is 0 Å². The molecule has 19 heavy (non-hydrogen) atoms. The fourth-order valence-electron chi connectivity index (χ4n) is 1.03. The molecule has 7 nitrogen and oxygen atoms in total. The first kappa shape index (κ1) is 15.3. The number of hydrogen-bond acceptors (Lipinski definition) is 6. The number of nitrogens with one attached hydrogen (secondary N) is 1. The van der Waals surface area contributed by atoms with Crippen LogP contribution in [0.5, 0.6) is 0 Å². The Morgan fingerprint density at radius 3 is 2.37 bits per heavy atom. The lowest BCUT2D eigenvalue weighted by molar-refractivity contribution is -0.148. The molecule has 0 unspecified atom stereocenters. The molecule has 0 radical (unpaired) electrons. The first-order chi connectivity index (χ1) is 8.87. The van der Waals surface area contributed by atoms with E-state index in [4.69, 9.17) is 15.4 Å². The van der Waals surface area contributed by atoms with Gasteiger partial charge in [-0.1, -0.05) is 30.3 Å². The number of rotatable bonds is 5. The van der Waals surface area contributed by atoms with E-state index in [0.717, 1.165) is 5.56 Å². The molecule has 0 bridgehead atoms. The number of benzene rings is 1. The van der Waals surface area contributed by atoms with Crippen LogP contribution in [0.1, 0.15) is 5.56 Å². The molecule has 1 aromatic rings. The van der Waals surface area contributed by atoms with Crippen LogP contribution in [0.15, 0.2) is 30.3 Å². The van der Waals surface area contributed by atoms with Crippen LogP contribution in [0.25, 0.3) is 0 Å². The fraction of sp³-hybridized carbons (Fsp3) is 0.200. The third-order valence-corrected chi connectivity index (χ3v) is 2.41. The van der Waals surface area contributed by atoms with E-state index in [-0.39, 0.29) is 6.61 Å². The first-order valence-electron chi connectivity index (χ1n) is 4.95. The van der Waals surface area contributed by atoms with E-state index >= 15 is 0 Å². The number of carbonyl (C=O) groups is 2. The minimum absolute atomic E-state index is 0.0262. The summed E-state index contributed by atoms with van der Waals surface area (Å²) in [5.74, 6) is -0.814. The van der Waals surface area contributed by atoms with E-state index in [2.05, 4.69) is 4.74 Å². The molecule has 0 aliphatic carbocycles. The third kappa shape index (κ3) is 7.27. The van der Waals surface area contributed by atoms with Gasteiger partial charge in [0.2, 0.25) is 0 Å². The highest BCUT2D eigenvalue weighted by molar-refractivity contribution is 8.12. The first-order valence-corrected chi connectivity index (χ1v) is 7.26. The summed E-state index contributed by atoms with van der Waals surface area (Å²) < 4.78 is 31.2. The monoisotopic (exact) mass is 307 g/mol. The van der Waals surface area contributed by atoms with Gasteiger partial charge in [0.1, 0.15) is 6.61 Å². The molecule has 0 saturated carbocycles. The Bertz CT molecular complexity index is 544. The van der Waals surface area contributed by atoms with Gasteiger partial charge in [-0.15, -0.1) is 0 Å². The molecule has 0 aliphatic heterocycles. The van der Waals surface area contributed by atoms with Crippen molar-refractivity contribution in [2.45, 2.75) is 6.61 Å². The molecule has 0 saturated heterocycles. The summed E-state index contributed by atoms with van der Waals surface area (Å²) >= 11 is 0. The predicted molar refractivity (Wildman–Crippen MR) is 65.5 cm³/mol. The minimum Gasteiger partial charge on any atom is -0.458 e. The lowest BCUT2D eigenvalue weighted by Crippen LogP contribution is -2.29. The quantitative estimate of drug-likeness (QED) is 0.642. The predicted octanol–water partition coefficient (Wildman–Crippen LogP) is 0.940. The largest absolute Gasteiger partial charge is 0.458 e. The number of ether oxygens (including phenoxy) is 2. The number of halogens is 1. The zero-order valence-corrected chi connectivity index (χ0v) is 11.1. The third-order valence-electron chi connectivity index (χ3n) is 1.77. The molecule has 1 N–H and O–H groups in total. The maximum Gasteiger partial charge on any atom is 0.422 e. The molecule has 9 heteroatoms. The molecule has 1 amide bonds. The highest BCUT2D eigenvalue weighted by Crippen LogP contribution is 2.00. The van der Waals surface area contributed by atoms with Gasteiger partial charge in [-0.2, -0.15) is 8.42 Å². The summed E-state index contributed by atoms with van der Waals surface area (Å²) in [5, 5.41) is 0. The molecule has 1 aromatic carbocycles. The van der Waals surface area contributed by atoms with Crippen LogP contribution in [0, 0.1) is 0 Å². The highest BCUT2D eigenvalue weighted by Gasteiger charge is 2.13. The van der Waals surface area contributed by atoms with E-state index in [1.165, 1.54) is 4.72 Å². The Morgan fingerprint density at radius 1 is 1.16 bits per heavy atom. The Hall–Kier alpha value is -1.80. The van der Waals surface area contributed by atoms with Gasteiger partial charge < -0.3 is 9.47 Å². The van der Waals surface area contributed by atoms with E-state index in [0.29, 0.717) is 0 Å². The normalized spacial score (nSPS) is 10.6. The highest BCUT2D eigenvalue weighted by atomic mass is 35.7. The average Bonchev–Trinajstić information content (AvgIpc) is 2.33. The molecule has 104 valence electrons. The lowest BCUT2D eigenvalue weighted by Gasteiger charge is -2.06. The van der Waals surface area contributed by atoms with Crippen molar-refractivity contribution in [3.05, 3.63) is 35.9 Å². The summed E-state index contributed by atoms with van der Waals surface area (Å²) in [5.41, 5.74) is 0.767. The Kier molecular flexibility index (Phi) is 5.58. The van der Waals surface area contributed by atoms with Gasteiger partial charge in [0, 0.05) is 10.7 Å². The maximum absolute atomic E-state index is 11.2. The van der Waals surface area contributed by atoms with Gasteiger partial charge in [0.15, 0.2) is 6.61 Å². The van der Waals surface area contributed by atoms with Crippen molar-refractivity contribution in [3.8, 4) is 0 Å². The molecular formula is C10H10ClNO6S. The van der Waals surface area contributed by atoms with Crippen LogP contribution in [-0.4, -0.2) is 27.1 Å². The van der Waals surface area contributed by atoms with Gasteiger partial charge in [0.05, 0.1) is 0 Å². The van der Waals surface area contributed by atoms with E-state index in [1.54, 1.807) is 24.3 Å². The van der Waals surface area contributed by atoms with Crippen molar-refractivity contribution < 1.29 is 27.5 Å². The number of esters is 1. The molecular weight excluding hydrogens is 298 g/mol. The molecule has 0 aliphatic rings. The van der Waals surface area contributed by atoms with Crippen molar-refractivity contribution in [3.63, 3.8) is 0 Å². The Labute approximate surface area is 114 Å². The molecule has 0 atom stereocenters. The SMILES string of the molecule is O=C(COC(=O)NS(=O)(=O)Cl)OCc1ccccc1. The Morgan fingerprint density at radius 2 is 1.79 bits per heavy atom. The second-order valence-corrected chi connectivity index (χ2v) is 5.56. The van der Waals surface area contributed by atoms with Crippen LogP contribution >= 0.6 is 10.7 Å². The van der Waals surface area contributed by atoms with Crippen molar-refractivity contribution in [2.75, 3.05) is 6.61 Å². The molecule has 0 heterocycles. The van der Waals surface area contributed by atoms with Crippen molar-refractivity contribution >= 4 is 32.0 Å². The summed E-state index contributed by atoms with van der Waals surface area (Å²) in [6.07, 6.45) is -1.35. The van der Waals surface area contributed by atoms with Crippen LogP contribution < -0.4 is 4.72 Å². The van der Waals surface area contributed by atoms with Crippen molar-refractivity contribution in [1.29, 1.82) is 0 Å². The zero-order chi connectivity index (χ0) is 14.3. The summed E-state index contributed by atoms with van der Waals surface area (Å²) in [6.45, 7) is -0.691. The zero-order valence-electron chi connectivity index (χ0n) is 9.54. The second kappa shape index (κ2) is 6.95. The van der Waals surface area contributed by atoms with E-state index < -0.39 is 27.9 Å². The van der Waals surface area contributed by atoms with Crippen molar-refractivity contribution in [1.82, 2.24) is 4.72 Å². The van der Waals surface area contributed by atoms with Gasteiger partial charge in [-0.3, -0.25) is 0 Å². The maximum atomic E-state index is 11.2. The molecule has 0 spiro atoms.